The molecule has 0 atom stereocenters. The molecular weight excluding hydrogens is 250 g/mol. The highest BCUT2D eigenvalue weighted by molar-refractivity contribution is 7.89. The fourth-order valence-corrected chi connectivity index (χ4v) is 3.60. The molecule has 0 aliphatic carbocycles. The van der Waals surface area contributed by atoms with Crippen molar-refractivity contribution in [3.05, 3.63) is 18.0 Å². The highest BCUT2D eigenvalue weighted by Gasteiger charge is 2.27. The molecule has 0 bridgehead atoms. The molecule has 0 aromatic carbocycles. The average Bonchev–Trinajstić information content (AvgIpc) is 2.98. The van der Waals surface area contributed by atoms with Crippen LogP contribution in [0.15, 0.2) is 17.2 Å². The first-order valence-electron chi connectivity index (χ1n) is 6.41. The zero-order valence-electron chi connectivity index (χ0n) is 10.9. The third-order valence-corrected chi connectivity index (χ3v) is 5.00. The second kappa shape index (κ2) is 5.42. The number of aromatic nitrogens is 1. The van der Waals surface area contributed by atoms with Crippen molar-refractivity contribution in [2.75, 3.05) is 13.1 Å². The van der Waals surface area contributed by atoms with Gasteiger partial charge in [-0.1, -0.05) is 13.8 Å². The highest BCUT2D eigenvalue weighted by Crippen LogP contribution is 2.21. The summed E-state index contributed by atoms with van der Waals surface area (Å²) in [6.07, 6.45) is 3.52. The molecule has 2 rings (SSSR count). The van der Waals surface area contributed by atoms with E-state index < -0.39 is 10.0 Å². The Bertz CT molecular complexity index is 487. The van der Waals surface area contributed by atoms with Crippen molar-refractivity contribution in [3.63, 3.8) is 0 Å². The van der Waals surface area contributed by atoms with Crippen LogP contribution in [0.3, 0.4) is 0 Å². The summed E-state index contributed by atoms with van der Waals surface area (Å²) in [4.78, 5) is 3.40. The molecule has 0 amide bonds. The summed E-state index contributed by atoms with van der Waals surface area (Å²) >= 11 is 0. The van der Waals surface area contributed by atoms with Crippen LogP contribution in [-0.2, 0) is 16.6 Å². The monoisotopic (exact) mass is 271 g/mol. The average molecular weight is 271 g/mol. The number of nitrogens with one attached hydrogen (secondary N) is 2. The van der Waals surface area contributed by atoms with Crippen molar-refractivity contribution in [1.29, 1.82) is 0 Å². The normalized spacial score (nSPS) is 17.7. The van der Waals surface area contributed by atoms with Gasteiger partial charge in [0, 0.05) is 37.6 Å². The van der Waals surface area contributed by atoms with Gasteiger partial charge in [0.2, 0.25) is 10.0 Å². The van der Waals surface area contributed by atoms with Crippen LogP contribution in [0.2, 0.25) is 0 Å². The van der Waals surface area contributed by atoms with Crippen molar-refractivity contribution < 1.29 is 8.42 Å². The molecule has 1 aromatic rings. The first-order chi connectivity index (χ1) is 8.50. The lowest BCUT2D eigenvalue weighted by atomic mass is 10.3. The molecule has 18 heavy (non-hydrogen) atoms. The molecule has 0 unspecified atom stereocenters. The van der Waals surface area contributed by atoms with Gasteiger partial charge in [-0.2, -0.15) is 4.31 Å². The second-order valence-electron chi connectivity index (χ2n) is 5.01. The van der Waals surface area contributed by atoms with E-state index in [9.17, 15) is 8.42 Å². The summed E-state index contributed by atoms with van der Waals surface area (Å²) in [5.74, 6) is 0. The summed E-state index contributed by atoms with van der Waals surface area (Å²) in [7, 11) is -3.28. The molecule has 102 valence electrons. The van der Waals surface area contributed by atoms with Gasteiger partial charge in [-0.05, 0) is 18.9 Å². The van der Waals surface area contributed by atoms with Crippen LogP contribution >= 0.6 is 0 Å². The van der Waals surface area contributed by atoms with Crippen molar-refractivity contribution in [2.24, 2.45) is 0 Å². The number of hydrogen-bond acceptors (Lipinski definition) is 3. The standard InChI is InChI=1S/C12H21N3O2S/c1-10(2)13-8-11-7-12(9-14-11)18(16,17)15-5-3-4-6-15/h7,9-10,13-14H,3-6,8H2,1-2H3. The van der Waals surface area contributed by atoms with Crippen LogP contribution in [0.1, 0.15) is 32.4 Å². The minimum atomic E-state index is -3.28. The number of sulfonamides is 1. The van der Waals surface area contributed by atoms with Gasteiger partial charge in [0.1, 0.15) is 0 Å². The van der Waals surface area contributed by atoms with Crippen molar-refractivity contribution in [1.82, 2.24) is 14.6 Å². The lowest BCUT2D eigenvalue weighted by molar-refractivity contribution is 0.477. The minimum Gasteiger partial charge on any atom is -0.363 e. The van der Waals surface area contributed by atoms with Crippen LogP contribution in [0.4, 0.5) is 0 Å². The molecular formula is C12H21N3O2S. The van der Waals surface area contributed by atoms with Crippen LogP contribution in [-0.4, -0.2) is 36.8 Å². The predicted octanol–water partition coefficient (Wildman–Crippen LogP) is 1.30. The maximum absolute atomic E-state index is 12.3. The highest BCUT2D eigenvalue weighted by atomic mass is 32.2. The van der Waals surface area contributed by atoms with Crippen molar-refractivity contribution in [2.45, 2.75) is 44.2 Å². The summed E-state index contributed by atoms with van der Waals surface area (Å²) < 4.78 is 26.1. The van der Waals surface area contributed by atoms with Gasteiger partial charge < -0.3 is 10.3 Å². The Balaban J connectivity index is 2.09. The maximum Gasteiger partial charge on any atom is 0.244 e. The predicted molar refractivity (Wildman–Crippen MR) is 70.8 cm³/mol. The topological polar surface area (TPSA) is 65.2 Å². The summed E-state index contributed by atoms with van der Waals surface area (Å²) in [6, 6.07) is 2.11. The number of H-pyrrole nitrogens is 1. The molecule has 2 heterocycles. The Morgan fingerprint density at radius 1 is 1.39 bits per heavy atom. The Labute approximate surface area is 109 Å². The second-order valence-corrected chi connectivity index (χ2v) is 6.95. The summed E-state index contributed by atoms with van der Waals surface area (Å²) in [6.45, 7) is 6.07. The molecule has 2 N–H and O–H groups in total. The van der Waals surface area contributed by atoms with Crippen molar-refractivity contribution in [3.8, 4) is 0 Å². The van der Waals surface area contributed by atoms with E-state index in [0.717, 1.165) is 18.5 Å². The van der Waals surface area contributed by atoms with Gasteiger partial charge in [0.15, 0.2) is 0 Å². The van der Waals surface area contributed by atoms with Crippen LogP contribution in [0.5, 0.6) is 0 Å². The molecule has 1 saturated heterocycles. The molecule has 1 aromatic heterocycles. The molecule has 1 aliphatic rings. The van der Waals surface area contributed by atoms with E-state index in [1.807, 2.05) is 0 Å². The zero-order valence-corrected chi connectivity index (χ0v) is 11.8. The number of nitrogens with zero attached hydrogens (tertiary/aromatic N) is 1. The number of rotatable bonds is 5. The molecule has 0 spiro atoms. The largest absolute Gasteiger partial charge is 0.363 e. The molecule has 0 saturated carbocycles. The van der Waals surface area contributed by atoms with Gasteiger partial charge in [0.25, 0.3) is 0 Å². The van der Waals surface area contributed by atoms with E-state index in [4.69, 9.17) is 0 Å². The number of aromatic amines is 1. The Morgan fingerprint density at radius 2 is 2.06 bits per heavy atom. The Morgan fingerprint density at radius 3 is 2.67 bits per heavy atom. The van der Waals surface area contributed by atoms with Crippen LogP contribution in [0.25, 0.3) is 0 Å². The fraction of sp³-hybridized carbons (Fsp3) is 0.667. The van der Waals surface area contributed by atoms with Gasteiger partial charge in [0.05, 0.1) is 4.90 Å². The van der Waals surface area contributed by atoms with E-state index in [-0.39, 0.29) is 0 Å². The van der Waals surface area contributed by atoms with E-state index in [1.54, 1.807) is 16.6 Å². The van der Waals surface area contributed by atoms with Gasteiger partial charge in [-0.25, -0.2) is 8.42 Å². The quantitative estimate of drug-likeness (QED) is 0.848. The summed E-state index contributed by atoms with van der Waals surface area (Å²) in [5.41, 5.74) is 0.904. The Hall–Kier alpha value is -0.850. The first-order valence-corrected chi connectivity index (χ1v) is 7.85. The van der Waals surface area contributed by atoms with Gasteiger partial charge in [-0.3, -0.25) is 0 Å². The summed E-state index contributed by atoms with van der Waals surface area (Å²) in [5, 5.41) is 3.26. The van der Waals surface area contributed by atoms with E-state index >= 15 is 0 Å². The van der Waals surface area contributed by atoms with E-state index in [1.165, 1.54) is 0 Å². The third-order valence-electron chi connectivity index (χ3n) is 3.12. The molecule has 5 nitrogen and oxygen atoms in total. The van der Waals surface area contributed by atoms with E-state index in [0.29, 0.717) is 30.6 Å². The SMILES string of the molecule is CC(C)NCc1cc(S(=O)(=O)N2CCCC2)c[nH]1. The lowest BCUT2D eigenvalue weighted by Crippen LogP contribution is -2.27. The third kappa shape index (κ3) is 2.93. The molecule has 1 fully saturated rings. The van der Waals surface area contributed by atoms with Crippen molar-refractivity contribution >= 4 is 10.0 Å². The first kappa shape index (κ1) is 13.6. The smallest absolute Gasteiger partial charge is 0.244 e. The Kier molecular flexibility index (Phi) is 4.09. The maximum atomic E-state index is 12.3. The van der Waals surface area contributed by atoms with Crippen LogP contribution < -0.4 is 5.32 Å². The van der Waals surface area contributed by atoms with Gasteiger partial charge in [-0.15, -0.1) is 0 Å². The zero-order chi connectivity index (χ0) is 13.2. The van der Waals surface area contributed by atoms with Gasteiger partial charge >= 0.3 is 0 Å². The molecule has 0 radical (unpaired) electrons. The number of hydrogen-bond donors (Lipinski definition) is 2. The fourth-order valence-electron chi connectivity index (χ4n) is 2.06. The van der Waals surface area contributed by atoms with Crippen LogP contribution in [0, 0.1) is 0 Å². The minimum absolute atomic E-state index is 0.380. The van der Waals surface area contributed by atoms with E-state index in [2.05, 4.69) is 24.1 Å². The lowest BCUT2D eigenvalue weighted by Gasteiger charge is -2.13. The molecule has 1 aliphatic heterocycles. The molecule has 6 heteroatoms.